The molecule has 2 heterocycles. The fourth-order valence-corrected chi connectivity index (χ4v) is 1.23. The summed E-state index contributed by atoms with van der Waals surface area (Å²) in [7, 11) is 2.01. The Hall–Kier alpha value is -1.70. The fraction of sp³-hybridized carbons (Fsp3) is 0.0909. The maximum absolute atomic E-state index is 4.08. The van der Waals surface area contributed by atoms with Gasteiger partial charge in [0.25, 0.3) is 0 Å². The maximum Gasteiger partial charge on any atom is 0.169 e. The number of pyridine rings is 2. The number of hydrogen-bond donors (Lipinski definition) is 0. The van der Waals surface area contributed by atoms with Gasteiger partial charge in [-0.1, -0.05) is 6.07 Å². The molecule has 2 heteroatoms. The van der Waals surface area contributed by atoms with Crippen molar-refractivity contribution >= 4 is 0 Å². The third-order valence-electron chi connectivity index (χ3n) is 1.97. The quantitative estimate of drug-likeness (QED) is 0.595. The van der Waals surface area contributed by atoms with Gasteiger partial charge in [-0.05, 0) is 11.6 Å². The number of nitrogens with zero attached hydrogens (tertiary/aromatic N) is 2. The summed E-state index contributed by atoms with van der Waals surface area (Å²) in [6.45, 7) is 0. The summed E-state index contributed by atoms with van der Waals surface area (Å²) >= 11 is 0. The lowest BCUT2D eigenvalue weighted by molar-refractivity contribution is -0.671. The molecular formula is C11H11N2+. The normalized spacial score (nSPS) is 9.92. The van der Waals surface area contributed by atoms with Crippen molar-refractivity contribution in [1.82, 2.24) is 4.98 Å². The van der Waals surface area contributed by atoms with Crippen molar-refractivity contribution in [2.45, 2.75) is 0 Å². The van der Waals surface area contributed by atoms with E-state index >= 15 is 0 Å². The molecule has 64 valence electrons. The van der Waals surface area contributed by atoms with Gasteiger partial charge in [-0.3, -0.25) is 4.98 Å². The van der Waals surface area contributed by atoms with Crippen molar-refractivity contribution in [2.24, 2.45) is 7.05 Å². The van der Waals surface area contributed by atoms with Crippen LogP contribution in [0.1, 0.15) is 0 Å². The molecule has 0 aromatic carbocycles. The van der Waals surface area contributed by atoms with Crippen LogP contribution in [0.25, 0.3) is 11.1 Å². The van der Waals surface area contributed by atoms with E-state index in [9.17, 15) is 0 Å². The average Bonchev–Trinajstić information content (AvgIpc) is 2.20. The SMILES string of the molecule is C[n+]1ccc(-c2cccnc2)cc1. The van der Waals surface area contributed by atoms with Crippen LogP contribution in [0.4, 0.5) is 0 Å². The lowest BCUT2D eigenvalue weighted by Gasteiger charge is -1.97. The van der Waals surface area contributed by atoms with Gasteiger partial charge >= 0.3 is 0 Å². The van der Waals surface area contributed by atoms with Crippen molar-refractivity contribution in [1.29, 1.82) is 0 Å². The van der Waals surface area contributed by atoms with Gasteiger partial charge in [0.15, 0.2) is 12.4 Å². The minimum atomic E-state index is 1.16. The summed E-state index contributed by atoms with van der Waals surface area (Å²) in [6, 6.07) is 8.17. The zero-order chi connectivity index (χ0) is 9.10. The standard InChI is InChI=1S/C11H11N2/c1-13-7-4-10(5-8-13)11-3-2-6-12-9-11/h2-9H,1H3/q+1. The van der Waals surface area contributed by atoms with Gasteiger partial charge in [-0.25, -0.2) is 4.57 Å². The van der Waals surface area contributed by atoms with Crippen molar-refractivity contribution in [3.05, 3.63) is 49.1 Å². The lowest BCUT2D eigenvalue weighted by atomic mass is 10.1. The summed E-state index contributed by atoms with van der Waals surface area (Å²) in [6.07, 6.45) is 7.71. The summed E-state index contributed by atoms with van der Waals surface area (Å²) in [5.41, 5.74) is 2.36. The highest BCUT2D eigenvalue weighted by Gasteiger charge is 1.97. The minimum absolute atomic E-state index is 1.16. The Morgan fingerprint density at radius 3 is 2.46 bits per heavy atom. The second-order valence-electron chi connectivity index (χ2n) is 2.99. The Labute approximate surface area is 77.5 Å². The summed E-state index contributed by atoms with van der Waals surface area (Å²) in [4.78, 5) is 4.08. The number of hydrogen-bond acceptors (Lipinski definition) is 1. The molecule has 13 heavy (non-hydrogen) atoms. The van der Waals surface area contributed by atoms with E-state index in [4.69, 9.17) is 0 Å². The molecule has 0 unspecified atom stereocenters. The molecule has 0 radical (unpaired) electrons. The molecule has 2 nitrogen and oxygen atoms in total. The van der Waals surface area contributed by atoms with E-state index in [1.54, 1.807) is 6.20 Å². The molecule has 2 aromatic heterocycles. The second-order valence-corrected chi connectivity index (χ2v) is 2.99. The van der Waals surface area contributed by atoms with Gasteiger partial charge in [-0.15, -0.1) is 0 Å². The number of aromatic nitrogens is 2. The number of rotatable bonds is 1. The van der Waals surface area contributed by atoms with E-state index in [1.165, 1.54) is 5.56 Å². The van der Waals surface area contributed by atoms with Crippen molar-refractivity contribution in [3.8, 4) is 11.1 Å². The molecule has 0 amide bonds. The maximum atomic E-state index is 4.08. The Kier molecular flexibility index (Phi) is 2.04. The summed E-state index contributed by atoms with van der Waals surface area (Å²) in [5.74, 6) is 0. The molecule has 0 saturated heterocycles. The van der Waals surface area contributed by atoms with Crippen molar-refractivity contribution in [2.75, 3.05) is 0 Å². The van der Waals surface area contributed by atoms with Gasteiger partial charge in [0.1, 0.15) is 7.05 Å². The average molecular weight is 171 g/mol. The Morgan fingerprint density at radius 2 is 1.85 bits per heavy atom. The number of aryl methyl sites for hydroxylation is 1. The molecule has 0 aliphatic rings. The monoisotopic (exact) mass is 171 g/mol. The first-order chi connectivity index (χ1) is 6.36. The first-order valence-corrected chi connectivity index (χ1v) is 4.22. The van der Waals surface area contributed by atoms with Crippen LogP contribution in [0.5, 0.6) is 0 Å². The smallest absolute Gasteiger partial charge is 0.169 e. The van der Waals surface area contributed by atoms with Gasteiger partial charge in [0, 0.05) is 30.1 Å². The van der Waals surface area contributed by atoms with Crippen molar-refractivity contribution < 1.29 is 4.57 Å². The largest absolute Gasteiger partial charge is 0.264 e. The highest BCUT2D eigenvalue weighted by Crippen LogP contribution is 2.14. The van der Waals surface area contributed by atoms with E-state index in [-0.39, 0.29) is 0 Å². The fourth-order valence-electron chi connectivity index (χ4n) is 1.23. The van der Waals surface area contributed by atoms with Crippen LogP contribution >= 0.6 is 0 Å². The predicted octanol–water partition coefficient (Wildman–Crippen LogP) is 1.57. The molecule has 2 aromatic rings. The van der Waals surface area contributed by atoms with Crippen LogP contribution in [-0.2, 0) is 7.05 Å². The van der Waals surface area contributed by atoms with Gasteiger partial charge in [0.05, 0.1) is 0 Å². The first-order valence-electron chi connectivity index (χ1n) is 4.22. The highest BCUT2D eigenvalue weighted by atomic mass is 14.9. The second kappa shape index (κ2) is 3.35. The molecule has 0 bridgehead atoms. The molecule has 0 spiro atoms. The highest BCUT2D eigenvalue weighted by molar-refractivity contribution is 5.60. The van der Waals surface area contributed by atoms with Gasteiger partial charge in [-0.2, -0.15) is 0 Å². The van der Waals surface area contributed by atoms with Crippen LogP contribution in [0.15, 0.2) is 49.1 Å². The van der Waals surface area contributed by atoms with E-state index in [2.05, 4.69) is 23.2 Å². The van der Waals surface area contributed by atoms with Crippen LogP contribution in [0.2, 0.25) is 0 Å². The molecule has 0 atom stereocenters. The lowest BCUT2D eigenvalue weighted by Crippen LogP contribution is -2.25. The molecule has 0 aliphatic carbocycles. The topological polar surface area (TPSA) is 16.8 Å². The first kappa shape index (κ1) is 7.92. The Morgan fingerprint density at radius 1 is 1.08 bits per heavy atom. The molecule has 0 saturated carbocycles. The van der Waals surface area contributed by atoms with Crippen LogP contribution in [-0.4, -0.2) is 4.98 Å². The molecule has 0 N–H and O–H groups in total. The molecule has 2 rings (SSSR count). The molecule has 0 aliphatic heterocycles. The van der Waals surface area contributed by atoms with E-state index < -0.39 is 0 Å². The van der Waals surface area contributed by atoms with E-state index in [0.717, 1.165) is 5.56 Å². The van der Waals surface area contributed by atoms with Crippen LogP contribution in [0.3, 0.4) is 0 Å². The Balaban J connectivity index is 2.42. The zero-order valence-corrected chi connectivity index (χ0v) is 7.51. The molecule has 0 fully saturated rings. The zero-order valence-electron chi connectivity index (χ0n) is 7.51. The summed E-state index contributed by atoms with van der Waals surface area (Å²) < 4.78 is 2.01. The van der Waals surface area contributed by atoms with Gasteiger partial charge in [0.2, 0.25) is 0 Å². The van der Waals surface area contributed by atoms with Gasteiger partial charge < -0.3 is 0 Å². The molecular weight excluding hydrogens is 160 g/mol. The van der Waals surface area contributed by atoms with Crippen LogP contribution < -0.4 is 4.57 Å². The predicted molar refractivity (Wildman–Crippen MR) is 50.8 cm³/mol. The summed E-state index contributed by atoms with van der Waals surface area (Å²) in [5, 5.41) is 0. The van der Waals surface area contributed by atoms with E-state index in [0.29, 0.717) is 0 Å². The van der Waals surface area contributed by atoms with E-state index in [1.807, 2.05) is 36.3 Å². The Bertz CT molecular complexity index is 379. The third-order valence-corrected chi connectivity index (χ3v) is 1.97. The minimum Gasteiger partial charge on any atom is -0.264 e. The van der Waals surface area contributed by atoms with Crippen molar-refractivity contribution in [3.63, 3.8) is 0 Å². The third kappa shape index (κ3) is 1.72. The van der Waals surface area contributed by atoms with Crippen LogP contribution in [0, 0.1) is 0 Å².